The number of nitrogens with zero attached hydrogens (tertiary/aromatic N) is 3. The molecule has 0 fully saturated rings. The van der Waals surface area contributed by atoms with Crippen LogP contribution in [-0.2, 0) is 0 Å². The predicted octanol–water partition coefficient (Wildman–Crippen LogP) is 16.7. The summed E-state index contributed by atoms with van der Waals surface area (Å²) in [7, 11) is 0. The predicted molar refractivity (Wildman–Crippen MR) is 271 cm³/mol. The van der Waals surface area contributed by atoms with E-state index < -0.39 is 0 Å². The van der Waals surface area contributed by atoms with Gasteiger partial charge in [0.1, 0.15) is 0 Å². The van der Waals surface area contributed by atoms with Gasteiger partial charge in [-0.2, -0.15) is 0 Å². The molecule has 302 valence electrons. The van der Waals surface area contributed by atoms with E-state index in [0.717, 1.165) is 28.4 Å². The highest BCUT2D eigenvalue weighted by Gasteiger charge is 2.16. The number of hydrogen-bond acceptors (Lipinski definition) is 1. The van der Waals surface area contributed by atoms with Gasteiger partial charge in [0.15, 0.2) is 0 Å². The molecule has 10 aromatic carbocycles. The minimum Gasteiger partial charge on any atom is -0.311 e. The molecule has 0 saturated carbocycles. The van der Waals surface area contributed by atoms with Gasteiger partial charge in [-0.1, -0.05) is 163 Å². The maximum atomic E-state index is 2.37. The van der Waals surface area contributed by atoms with Crippen molar-refractivity contribution in [3.8, 4) is 44.8 Å². The molecule has 2 aromatic heterocycles. The zero-order valence-electron chi connectivity index (χ0n) is 35.4. The van der Waals surface area contributed by atoms with Crippen molar-refractivity contribution in [2.75, 3.05) is 4.90 Å². The third-order valence-electron chi connectivity index (χ3n) is 12.8. The Morgan fingerprint density at radius 3 is 0.766 bits per heavy atom. The van der Waals surface area contributed by atoms with Gasteiger partial charge in [0, 0.05) is 50.0 Å². The van der Waals surface area contributed by atoms with Crippen LogP contribution in [0.3, 0.4) is 0 Å². The molecule has 2 heterocycles. The molecule has 0 unspecified atom stereocenters. The van der Waals surface area contributed by atoms with Crippen LogP contribution < -0.4 is 4.90 Å². The van der Waals surface area contributed by atoms with Crippen LogP contribution in [0.25, 0.3) is 88.4 Å². The van der Waals surface area contributed by atoms with E-state index in [0.29, 0.717) is 0 Å². The topological polar surface area (TPSA) is 13.1 Å². The van der Waals surface area contributed by atoms with Gasteiger partial charge in [0.25, 0.3) is 0 Å². The molecule has 0 atom stereocenters. The van der Waals surface area contributed by atoms with Crippen molar-refractivity contribution >= 4 is 60.7 Å². The summed E-state index contributed by atoms with van der Waals surface area (Å²) in [5, 5.41) is 5.08. The van der Waals surface area contributed by atoms with E-state index in [1.165, 1.54) is 82.6 Å². The number of hydrogen-bond donors (Lipinski definition) is 0. The van der Waals surface area contributed by atoms with E-state index >= 15 is 0 Å². The Bertz CT molecular complexity index is 3310. The Morgan fingerprint density at radius 2 is 0.484 bits per heavy atom. The number of rotatable bonds is 8. The van der Waals surface area contributed by atoms with E-state index in [4.69, 9.17) is 0 Å². The van der Waals surface area contributed by atoms with E-state index in [1.807, 2.05) is 0 Å². The molecule has 12 aromatic rings. The molecular weight excluding hydrogens is 775 g/mol. The Kier molecular flexibility index (Phi) is 9.05. The summed E-state index contributed by atoms with van der Waals surface area (Å²) in [6.45, 7) is 2.13. The first-order valence-electron chi connectivity index (χ1n) is 22.0. The fourth-order valence-corrected chi connectivity index (χ4v) is 9.61. The molecule has 12 rings (SSSR count). The van der Waals surface area contributed by atoms with Crippen LogP contribution in [0.15, 0.2) is 243 Å². The summed E-state index contributed by atoms with van der Waals surface area (Å²) >= 11 is 0. The highest BCUT2D eigenvalue weighted by molar-refractivity contribution is 6.10. The fraction of sp³-hybridized carbons (Fsp3) is 0.0164. The smallest absolute Gasteiger partial charge is 0.0541 e. The standard InChI is InChI=1S/C61H43N3/c1-42-18-20-43(21-19-42)44-22-32-49(33-23-44)62(50-34-24-45(25-35-50)47-28-38-52(39-29-47)63-58-14-6-2-10-54(58)55-11-3-7-15-59(55)63)51-36-26-46(27-37-51)48-30-40-53(41-31-48)64-60-16-8-4-12-56(60)57-13-5-9-17-61(57)64/h2-41H,1H3. The summed E-state index contributed by atoms with van der Waals surface area (Å²) in [6, 6.07) is 88.2. The van der Waals surface area contributed by atoms with E-state index in [1.54, 1.807) is 0 Å². The largest absolute Gasteiger partial charge is 0.311 e. The zero-order chi connectivity index (χ0) is 42.6. The third-order valence-corrected chi connectivity index (χ3v) is 12.8. The van der Waals surface area contributed by atoms with Crippen LogP contribution in [0.4, 0.5) is 17.1 Å². The molecule has 0 radical (unpaired) electrons. The van der Waals surface area contributed by atoms with Crippen molar-refractivity contribution in [1.29, 1.82) is 0 Å². The molecule has 0 bridgehead atoms. The van der Waals surface area contributed by atoms with Crippen molar-refractivity contribution in [1.82, 2.24) is 9.13 Å². The van der Waals surface area contributed by atoms with Crippen LogP contribution in [0.5, 0.6) is 0 Å². The van der Waals surface area contributed by atoms with E-state index in [2.05, 4.69) is 264 Å². The molecular formula is C61H43N3. The Hall–Kier alpha value is -8.40. The summed E-state index contributed by atoms with van der Waals surface area (Å²) in [5.41, 5.74) is 18.8. The lowest BCUT2D eigenvalue weighted by Crippen LogP contribution is -2.09. The monoisotopic (exact) mass is 817 g/mol. The molecule has 3 heteroatoms. The van der Waals surface area contributed by atoms with Crippen molar-refractivity contribution in [2.24, 2.45) is 0 Å². The summed E-state index contributed by atoms with van der Waals surface area (Å²) in [6.07, 6.45) is 0. The number of para-hydroxylation sites is 4. The second-order valence-corrected chi connectivity index (χ2v) is 16.7. The first-order valence-corrected chi connectivity index (χ1v) is 22.0. The first kappa shape index (κ1) is 37.4. The van der Waals surface area contributed by atoms with Crippen LogP contribution in [0.1, 0.15) is 5.56 Å². The van der Waals surface area contributed by atoms with Crippen molar-refractivity contribution in [3.63, 3.8) is 0 Å². The maximum absolute atomic E-state index is 2.37. The highest BCUT2D eigenvalue weighted by atomic mass is 15.1. The summed E-state index contributed by atoms with van der Waals surface area (Å²) < 4.78 is 4.74. The zero-order valence-corrected chi connectivity index (χ0v) is 35.4. The molecule has 0 amide bonds. The van der Waals surface area contributed by atoms with Gasteiger partial charge >= 0.3 is 0 Å². The molecule has 64 heavy (non-hydrogen) atoms. The average Bonchev–Trinajstić information content (AvgIpc) is 3.88. The van der Waals surface area contributed by atoms with Crippen LogP contribution in [-0.4, -0.2) is 9.13 Å². The van der Waals surface area contributed by atoms with E-state index in [9.17, 15) is 0 Å². The van der Waals surface area contributed by atoms with Crippen LogP contribution in [0.2, 0.25) is 0 Å². The SMILES string of the molecule is Cc1ccc(-c2ccc(N(c3ccc(-c4ccc(-n5c6ccccc6c6ccccc65)cc4)cc3)c3ccc(-c4ccc(-n5c6ccccc6c6ccccc65)cc4)cc3)cc2)cc1. The van der Waals surface area contributed by atoms with Crippen molar-refractivity contribution in [2.45, 2.75) is 6.92 Å². The minimum absolute atomic E-state index is 1.09. The maximum Gasteiger partial charge on any atom is 0.0541 e. The first-order chi connectivity index (χ1) is 31.6. The lowest BCUT2D eigenvalue weighted by molar-refractivity contribution is 1.18. The molecule has 0 aliphatic carbocycles. The molecule has 0 N–H and O–H groups in total. The third kappa shape index (κ3) is 6.45. The molecule has 0 saturated heterocycles. The van der Waals surface area contributed by atoms with Gasteiger partial charge in [-0.05, 0) is 125 Å². The molecule has 0 spiro atoms. The number of anilines is 3. The summed E-state index contributed by atoms with van der Waals surface area (Å²) in [5.74, 6) is 0. The van der Waals surface area contributed by atoms with Gasteiger partial charge in [0.2, 0.25) is 0 Å². The normalized spacial score (nSPS) is 11.5. The number of aryl methyl sites for hydroxylation is 1. The van der Waals surface area contributed by atoms with Gasteiger partial charge in [-0.25, -0.2) is 0 Å². The van der Waals surface area contributed by atoms with Crippen LogP contribution in [0, 0.1) is 6.92 Å². The quantitative estimate of drug-likeness (QED) is 0.149. The van der Waals surface area contributed by atoms with Gasteiger partial charge in [0.05, 0.1) is 22.1 Å². The molecule has 0 aliphatic heterocycles. The average molecular weight is 818 g/mol. The van der Waals surface area contributed by atoms with Gasteiger partial charge in [-0.3, -0.25) is 0 Å². The number of aromatic nitrogens is 2. The lowest BCUT2D eigenvalue weighted by atomic mass is 10.0. The van der Waals surface area contributed by atoms with Crippen molar-refractivity contribution in [3.05, 3.63) is 248 Å². The fourth-order valence-electron chi connectivity index (χ4n) is 9.61. The molecule has 0 aliphatic rings. The number of benzene rings is 10. The van der Waals surface area contributed by atoms with Crippen LogP contribution >= 0.6 is 0 Å². The lowest BCUT2D eigenvalue weighted by Gasteiger charge is -2.26. The van der Waals surface area contributed by atoms with Crippen molar-refractivity contribution < 1.29 is 0 Å². The van der Waals surface area contributed by atoms with Gasteiger partial charge in [-0.15, -0.1) is 0 Å². The van der Waals surface area contributed by atoms with Gasteiger partial charge < -0.3 is 14.0 Å². The second-order valence-electron chi connectivity index (χ2n) is 16.7. The number of fused-ring (bicyclic) bond motifs is 6. The van der Waals surface area contributed by atoms with E-state index in [-0.39, 0.29) is 0 Å². The minimum atomic E-state index is 1.09. The Labute approximate surface area is 373 Å². The molecule has 3 nitrogen and oxygen atoms in total. The Morgan fingerprint density at radius 1 is 0.250 bits per heavy atom. The highest BCUT2D eigenvalue weighted by Crippen LogP contribution is 2.39. The second kappa shape index (κ2) is 15.5. The summed E-state index contributed by atoms with van der Waals surface area (Å²) in [4.78, 5) is 2.35. The Balaban J connectivity index is 0.865.